The van der Waals surface area contributed by atoms with Crippen LogP contribution < -0.4 is 0 Å². The molecule has 0 saturated carbocycles. The first-order chi connectivity index (χ1) is 6.86. The van der Waals surface area contributed by atoms with E-state index in [9.17, 15) is 9.59 Å². The summed E-state index contributed by atoms with van der Waals surface area (Å²) in [7, 11) is 0. The Morgan fingerprint density at radius 2 is 1.93 bits per heavy atom. The summed E-state index contributed by atoms with van der Waals surface area (Å²) < 4.78 is 0. The molecule has 14 heavy (non-hydrogen) atoms. The Bertz CT molecular complexity index is 285. The maximum atomic E-state index is 10.5. The second kappa shape index (κ2) is 6.38. The van der Waals surface area contributed by atoms with Crippen LogP contribution in [0.15, 0.2) is 30.3 Å². The summed E-state index contributed by atoms with van der Waals surface area (Å²) in [4.78, 5) is 20.7. The first-order valence-electron chi connectivity index (χ1n) is 4.41. The van der Waals surface area contributed by atoms with Crippen LogP contribution >= 0.6 is 11.8 Å². The topological polar surface area (TPSA) is 34.1 Å². The molecule has 0 amide bonds. The van der Waals surface area contributed by atoms with Gasteiger partial charge in [-0.1, -0.05) is 30.3 Å². The molecule has 1 atom stereocenters. The van der Waals surface area contributed by atoms with E-state index in [-0.39, 0.29) is 5.25 Å². The zero-order chi connectivity index (χ0) is 10.2. The number of aldehydes is 2. The van der Waals surface area contributed by atoms with E-state index in [1.165, 1.54) is 17.3 Å². The van der Waals surface area contributed by atoms with Gasteiger partial charge in [-0.25, -0.2) is 0 Å². The van der Waals surface area contributed by atoms with Crippen LogP contribution in [0.5, 0.6) is 0 Å². The molecule has 1 rings (SSSR count). The minimum absolute atomic E-state index is 0.201. The molecule has 0 heterocycles. The fourth-order valence-electron chi connectivity index (χ4n) is 1.04. The fourth-order valence-corrected chi connectivity index (χ4v) is 1.93. The van der Waals surface area contributed by atoms with Crippen molar-refractivity contribution < 1.29 is 9.59 Å². The predicted molar refractivity (Wildman–Crippen MR) is 58.3 cm³/mol. The Labute approximate surface area is 87.7 Å². The molecule has 0 aliphatic heterocycles. The van der Waals surface area contributed by atoms with Crippen LogP contribution in [0.1, 0.15) is 12.0 Å². The average molecular weight is 208 g/mol. The number of rotatable bonds is 6. The van der Waals surface area contributed by atoms with Crippen molar-refractivity contribution >= 4 is 24.3 Å². The standard InChI is InChI=1S/C11H12O2S/c12-7-6-11(8-13)14-9-10-4-2-1-3-5-10/h1-5,7-8,11H,6,9H2. The third kappa shape index (κ3) is 3.75. The van der Waals surface area contributed by atoms with E-state index in [0.29, 0.717) is 6.42 Å². The Morgan fingerprint density at radius 3 is 2.50 bits per heavy atom. The van der Waals surface area contributed by atoms with Crippen LogP contribution in [0.2, 0.25) is 0 Å². The normalized spacial score (nSPS) is 12.0. The van der Waals surface area contributed by atoms with Crippen molar-refractivity contribution in [2.45, 2.75) is 17.4 Å². The summed E-state index contributed by atoms with van der Waals surface area (Å²) in [5.41, 5.74) is 1.18. The van der Waals surface area contributed by atoms with Gasteiger partial charge in [0, 0.05) is 12.2 Å². The molecule has 0 bridgehead atoms. The highest BCUT2D eigenvalue weighted by Gasteiger charge is 2.06. The van der Waals surface area contributed by atoms with Gasteiger partial charge >= 0.3 is 0 Å². The maximum absolute atomic E-state index is 10.5. The Hall–Kier alpha value is -1.09. The third-order valence-corrected chi connectivity index (χ3v) is 3.02. The van der Waals surface area contributed by atoms with Gasteiger partial charge in [-0.05, 0) is 5.56 Å². The summed E-state index contributed by atoms with van der Waals surface area (Å²) in [5, 5.41) is -0.201. The SMILES string of the molecule is O=CCC(C=O)SCc1ccccc1. The minimum Gasteiger partial charge on any atom is -0.303 e. The molecule has 0 N–H and O–H groups in total. The van der Waals surface area contributed by atoms with Gasteiger partial charge in [0.1, 0.15) is 12.6 Å². The molecule has 74 valence electrons. The first kappa shape index (κ1) is 11.0. The van der Waals surface area contributed by atoms with Crippen molar-refractivity contribution in [2.75, 3.05) is 0 Å². The molecule has 3 heteroatoms. The van der Waals surface area contributed by atoms with E-state index >= 15 is 0 Å². The van der Waals surface area contributed by atoms with Gasteiger partial charge in [-0.3, -0.25) is 0 Å². The molecular formula is C11H12O2S. The van der Waals surface area contributed by atoms with Crippen molar-refractivity contribution in [3.63, 3.8) is 0 Å². The number of benzene rings is 1. The van der Waals surface area contributed by atoms with Crippen LogP contribution in [0.3, 0.4) is 0 Å². The Morgan fingerprint density at radius 1 is 1.21 bits per heavy atom. The minimum atomic E-state index is -0.201. The summed E-state index contributed by atoms with van der Waals surface area (Å²) in [6, 6.07) is 9.90. The molecule has 0 fully saturated rings. The smallest absolute Gasteiger partial charge is 0.133 e. The molecule has 0 aliphatic carbocycles. The van der Waals surface area contributed by atoms with E-state index in [2.05, 4.69) is 0 Å². The first-order valence-corrected chi connectivity index (χ1v) is 5.46. The highest BCUT2D eigenvalue weighted by Crippen LogP contribution is 2.17. The van der Waals surface area contributed by atoms with Crippen LogP contribution in [0.25, 0.3) is 0 Å². The monoisotopic (exact) mass is 208 g/mol. The molecule has 1 aromatic rings. The number of hydrogen-bond acceptors (Lipinski definition) is 3. The lowest BCUT2D eigenvalue weighted by atomic mass is 10.2. The molecule has 1 unspecified atom stereocenters. The highest BCUT2D eigenvalue weighted by atomic mass is 32.2. The van der Waals surface area contributed by atoms with Gasteiger partial charge in [-0.2, -0.15) is 0 Å². The van der Waals surface area contributed by atoms with Gasteiger partial charge in [0.05, 0.1) is 5.25 Å². The molecular weight excluding hydrogens is 196 g/mol. The lowest BCUT2D eigenvalue weighted by Gasteiger charge is -2.05. The Balaban J connectivity index is 2.39. The van der Waals surface area contributed by atoms with Gasteiger partial charge in [-0.15, -0.1) is 11.8 Å². The quantitative estimate of drug-likeness (QED) is 0.671. The number of hydrogen-bond donors (Lipinski definition) is 0. The van der Waals surface area contributed by atoms with Gasteiger partial charge in [0.15, 0.2) is 0 Å². The highest BCUT2D eigenvalue weighted by molar-refractivity contribution is 7.99. The van der Waals surface area contributed by atoms with E-state index in [1.807, 2.05) is 30.3 Å². The molecule has 0 spiro atoms. The van der Waals surface area contributed by atoms with E-state index < -0.39 is 0 Å². The second-order valence-electron chi connectivity index (χ2n) is 2.87. The second-order valence-corrected chi connectivity index (χ2v) is 4.10. The van der Waals surface area contributed by atoms with E-state index in [0.717, 1.165) is 18.3 Å². The molecule has 2 nitrogen and oxygen atoms in total. The van der Waals surface area contributed by atoms with Crippen molar-refractivity contribution in [2.24, 2.45) is 0 Å². The molecule has 0 aliphatic rings. The summed E-state index contributed by atoms with van der Waals surface area (Å²) in [6.45, 7) is 0. The van der Waals surface area contributed by atoms with Crippen molar-refractivity contribution in [3.8, 4) is 0 Å². The molecule has 1 aromatic carbocycles. The molecule has 0 aromatic heterocycles. The van der Waals surface area contributed by atoms with Gasteiger partial charge in [0.25, 0.3) is 0 Å². The fraction of sp³-hybridized carbons (Fsp3) is 0.273. The zero-order valence-electron chi connectivity index (χ0n) is 7.76. The van der Waals surface area contributed by atoms with Crippen LogP contribution in [0, 0.1) is 0 Å². The van der Waals surface area contributed by atoms with Crippen molar-refractivity contribution in [3.05, 3.63) is 35.9 Å². The van der Waals surface area contributed by atoms with Gasteiger partial charge < -0.3 is 9.59 Å². The third-order valence-electron chi connectivity index (χ3n) is 1.79. The zero-order valence-corrected chi connectivity index (χ0v) is 8.57. The largest absolute Gasteiger partial charge is 0.303 e. The van der Waals surface area contributed by atoms with Crippen LogP contribution in [-0.4, -0.2) is 17.8 Å². The van der Waals surface area contributed by atoms with E-state index in [4.69, 9.17) is 0 Å². The van der Waals surface area contributed by atoms with Crippen molar-refractivity contribution in [1.29, 1.82) is 0 Å². The van der Waals surface area contributed by atoms with E-state index in [1.54, 1.807) is 0 Å². The number of carbonyl (C=O) groups excluding carboxylic acids is 2. The van der Waals surface area contributed by atoms with Gasteiger partial charge in [0.2, 0.25) is 0 Å². The maximum Gasteiger partial charge on any atom is 0.133 e. The lowest BCUT2D eigenvalue weighted by Crippen LogP contribution is -2.04. The number of carbonyl (C=O) groups is 2. The summed E-state index contributed by atoms with van der Waals surface area (Å²) in [6.07, 6.45) is 1.93. The average Bonchev–Trinajstić information content (AvgIpc) is 2.25. The van der Waals surface area contributed by atoms with Crippen molar-refractivity contribution in [1.82, 2.24) is 0 Å². The summed E-state index contributed by atoms with van der Waals surface area (Å²) in [5.74, 6) is 0.776. The lowest BCUT2D eigenvalue weighted by molar-refractivity contribution is -0.111. The predicted octanol–water partition coefficient (Wildman–Crippen LogP) is 2.08. The van der Waals surface area contributed by atoms with Crippen LogP contribution in [0.4, 0.5) is 0 Å². The molecule has 0 radical (unpaired) electrons. The Kier molecular flexibility index (Phi) is 5.00. The summed E-state index contributed by atoms with van der Waals surface area (Å²) >= 11 is 1.50. The number of thioether (sulfide) groups is 1. The molecule has 0 saturated heterocycles. The van der Waals surface area contributed by atoms with Crippen LogP contribution in [-0.2, 0) is 15.3 Å².